The molecular weight excluding hydrogens is 498 g/mol. The van der Waals surface area contributed by atoms with Gasteiger partial charge >= 0.3 is 0 Å². The van der Waals surface area contributed by atoms with Gasteiger partial charge in [0.1, 0.15) is 0 Å². The first-order valence-electron chi connectivity index (χ1n) is 17.1. The predicted octanol–water partition coefficient (Wildman–Crippen LogP) is 8.18. The van der Waals surface area contributed by atoms with E-state index >= 15 is 0 Å². The summed E-state index contributed by atoms with van der Waals surface area (Å²) in [5.41, 5.74) is 0. The number of nitrogens with zero attached hydrogens (tertiary/aromatic N) is 1. The summed E-state index contributed by atoms with van der Waals surface area (Å²) in [7, 11) is 0. The van der Waals surface area contributed by atoms with E-state index < -0.39 is 0 Å². The molecule has 0 heterocycles. The van der Waals surface area contributed by atoms with E-state index in [2.05, 4.69) is 31.4 Å². The zero-order valence-corrected chi connectivity index (χ0v) is 27.3. The van der Waals surface area contributed by atoms with Crippen molar-refractivity contribution in [2.75, 3.05) is 26.2 Å². The van der Waals surface area contributed by atoms with Crippen molar-refractivity contribution in [3.05, 3.63) is 0 Å². The first kappa shape index (κ1) is 38.4. The fourth-order valence-corrected chi connectivity index (χ4v) is 4.86. The van der Waals surface area contributed by atoms with Crippen LogP contribution in [0.5, 0.6) is 0 Å². The standard InChI is InChI=1S/C34H67N3O3/c1-6-7-24-32(38)35-26-19-21-28-37(29-22-20-27-36-34(40)31(4)5)33(39)25-18-16-14-12-10-8-9-11-13-15-17-23-30(2)3/h30-31H,6-29H2,1-5H3,(H,35,38)(H,36,40). The largest absolute Gasteiger partial charge is 0.356 e. The minimum absolute atomic E-state index is 0.00458. The molecule has 2 N–H and O–H groups in total. The molecule has 0 unspecified atom stereocenters. The average Bonchev–Trinajstić information content (AvgIpc) is 2.92. The number of nitrogens with one attached hydrogen (secondary N) is 2. The number of carbonyl (C=O) groups is 3. The van der Waals surface area contributed by atoms with E-state index in [9.17, 15) is 14.4 Å². The molecule has 3 amide bonds. The van der Waals surface area contributed by atoms with E-state index in [0.717, 1.165) is 70.4 Å². The second kappa shape index (κ2) is 27.6. The summed E-state index contributed by atoms with van der Waals surface area (Å²) in [4.78, 5) is 38.6. The van der Waals surface area contributed by atoms with Gasteiger partial charge in [-0.15, -0.1) is 0 Å². The molecule has 236 valence electrons. The lowest BCUT2D eigenvalue weighted by molar-refractivity contribution is -0.131. The lowest BCUT2D eigenvalue weighted by Crippen LogP contribution is -2.34. The molecule has 0 saturated carbocycles. The molecule has 40 heavy (non-hydrogen) atoms. The Morgan fingerprint density at radius 3 is 1.57 bits per heavy atom. The number of unbranched alkanes of at least 4 members (excludes halogenated alkanes) is 13. The lowest BCUT2D eigenvalue weighted by Gasteiger charge is -2.23. The van der Waals surface area contributed by atoms with Crippen LogP contribution in [0.4, 0.5) is 0 Å². The quantitative estimate of drug-likeness (QED) is 0.0939. The van der Waals surface area contributed by atoms with Crippen LogP contribution in [-0.4, -0.2) is 48.8 Å². The normalized spacial score (nSPS) is 11.3. The molecule has 0 aliphatic carbocycles. The molecule has 0 atom stereocenters. The molecule has 0 fully saturated rings. The Labute approximate surface area is 248 Å². The zero-order valence-electron chi connectivity index (χ0n) is 27.3. The number of amides is 3. The highest BCUT2D eigenvalue weighted by atomic mass is 16.2. The van der Waals surface area contributed by atoms with Crippen molar-refractivity contribution in [1.82, 2.24) is 15.5 Å². The van der Waals surface area contributed by atoms with Gasteiger partial charge in [-0.05, 0) is 44.4 Å². The summed E-state index contributed by atoms with van der Waals surface area (Å²) in [6.45, 7) is 13.4. The van der Waals surface area contributed by atoms with Crippen LogP contribution in [0.25, 0.3) is 0 Å². The summed E-state index contributed by atoms with van der Waals surface area (Å²) in [5, 5.41) is 5.97. The zero-order chi connectivity index (χ0) is 29.8. The molecule has 6 nitrogen and oxygen atoms in total. The van der Waals surface area contributed by atoms with Crippen LogP contribution in [0.2, 0.25) is 0 Å². The lowest BCUT2D eigenvalue weighted by atomic mass is 10.0. The maximum atomic E-state index is 13.0. The van der Waals surface area contributed by atoms with Crippen LogP contribution in [-0.2, 0) is 14.4 Å². The summed E-state index contributed by atoms with van der Waals surface area (Å²) >= 11 is 0. The van der Waals surface area contributed by atoms with Crippen molar-refractivity contribution >= 4 is 17.7 Å². The Balaban J connectivity index is 4.12. The summed E-state index contributed by atoms with van der Waals surface area (Å²) < 4.78 is 0. The van der Waals surface area contributed by atoms with Gasteiger partial charge in [-0.1, -0.05) is 112 Å². The van der Waals surface area contributed by atoms with Gasteiger partial charge in [0.15, 0.2) is 0 Å². The first-order valence-corrected chi connectivity index (χ1v) is 17.1. The van der Waals surface area contributed by atoms with Gasteiger partial charge in [0.05, 0.1) is 0 Å². The van der Waals surface area contributed by atoms with E-state index in [0.29, 0.717) is 25.9 Å². The van der Waals surface area contributed by atoms with E-state index in [4.69, 9.17) is 0 Å². The molecule has 0 aliphatic heterocycles. The van der Waals surface area contributed by atoms with Crippen molar-refractivity contribution < 1.29 is 14.4 Å². The second-order valence-electron chi connectivity index (χ2n) is 12.5. The number of rotatable bonds is 28. The van der Waals surface area contributed by atoms with Gasteiger partial charge in [0.2, 0.25) is 17.7 Å². The molecule has 0 radical (unpaired) electrons. The highest BCUT2D eigenvalue weighted by Gasteiger charge is 2.13. The van der Waals surface area contributed by atoms with Crippen LogP contribution < -0.4 is 10.6 Å². The monoisotopic (exact) mass is 566 g/mol. The van der Waals surface area contributed by atoms with Crippen molar-refractivity contribution in [3.63, 3.8) is 0 Å². The van der Waals surface area contributed by atoms with Crippen molar-refractivity contribution in [2.24, 2.45) is 11.8 Å². The summed E-state index contributed by atoms with van der Waals surface area (Å²) in [6, 6.07) is 0. The molecule has 0 bridgehead atoms. The highest BCUT2D eigenvalue weighted by molar-refractivity contribution is 5.77. The van der Waals surface area contributed by atoms with E-state index in [-0.39, 0.29) is 23.6 Å². The van der Waals surface area contributed by atoms with Crippen LogP contribution in [0.15, 0.2) is 0 Å². The smallest absolute Gasteiger partial charge is 0.222 e. The third kappa shape index (κ3) is 25.4. The molecule has 0 rings (SSSR count). The number of hydrogen-bond donors (Lipinski definition) is 2. The SMILES string of the molecule is CCCCC(=O)NCCCCN(CCCCNC(=O)C(C)C)C(=O)CCCCCCCCCCCCCC(C)C. The number of hydrogen-bond acceptors (Lipinski definition) is 3. The van der Waals surface area contributed by atoms with Gasteiger partial charge in [-0.2, -0.15) is 0 Å². The summed E-state index contributed by atoms with van der Waals surface area (Å²) in [6.07, 6.45) is 22.4. The van der Waals surface area contributed by atoms with Crippen LogP contribution in [0.1, 0.15) is 163 Å². The Hall–Kier alpha value is -1.59. The van der Waals surface area contributed by atoms with E-state index in [1.807, 2.05) is 18.7 Å². The minimum Gasteiger partial charge on any atom is -0.356 e. The van der Waals surface area contributed by atoms with Gasteiger partial charge in [0.25, 0.3) is 0 Å². The van der Waals surface area contributed by atoms with Crippen molar-refractivity contribution in [2.45, 2.75) is 163 Å². The van der Waals surface area contributed by atoms with Crippen molar-refractivity contribution in [3.8, 4) is 0 Å². The molecule has 0 aromatic carbocycles. The molecule has 6 heteroatoms. The van der Waals surface area contributed by atoms with E-state index in [1.54, 1.807) is 0 Å². The Kier molecular flexibility index (Phi) is 26.5. The fraction of sp³-hybridized carbons (Fsp3) is 0.912. The molecule has 0 saturated heterocycles. The molecule has 0 aromatic rings. The van der Waals surface area contributed by atoms with Crippen LogP contribution in [0.3, 0.4) is 0 Å². The molecule has 0 spiro atoms. The van der Waals surface area contributed by atoms with Gasteiger partial charge in [0, 0.05) is 44.9 Å². The average molecular weight is 566 g/mol. The molecular formula is C34H67N3O3. The highest BCUT2D eigenvalue weighted by Crippen LogP contribution is 2.14. The molecule has 0 aliphatic rings. The maximum absolute atomic E-state index is 13.0. The molecule has 0 aromatic heterocycles. The van der Waals surface area contributed by atoms with Gasteiger partial charge in [-0.25, -0.2) is 0 Å². The van der Waals surface area contributed by atoms with Gasteiger partial charge < -0.3 is 15.5 Å². The second-order valence-corrected chi connectivity index (χ2v) is 12.5. The Bertz CT molecular complexity index is 622. The predicted molar refractivity (Wildman–Crippen MR) is 170 cm³/mol. The first-order chi connectivity index (χ1) is 19.3. The Morgan fingerprint density at radius 1 is 0.575 bits per heavy atom. The van der Waals surface area contributed by atoms with Gasteiger partial charge in [-0.3, -0.25) is 14.4 Å². The maximum Gasteiger partial charge on any atom is 0.222 e. The third-order valence-electron chi connectivity index (χ3n) is 7.64. The summed E-state index contributed by atoms with van der Waals surface area (Å²) in [5.74, 6) is 1.33. The number of carbonyl (C=O) groups excluding carboxylic acids is 3. The van der Waals surface area contributed by atoms with E-state index in [1.165, 1.54) is 64.2 Å². The Morgan fingerprint density at radius 2 is 1.07 bits per heavy atom. The minimum atomic E-state index is 0.00458. The topological polar surface area (TPSA) is 78.5 Å². The van der Waals surface area contributed by atoms with Crippen LogP contribution in [0, 0.1) is 11.8 Å². The van der Waals surface area contributed by atoms with Crippen LogP contribution >= 0.6 is 0 Å². The van der Waals surface area contributed by atoms with Crippen molar-refractivity contribution in [1.29, 1.82) is 0 Å². The fourth-order valence-electron chi connectivity index (χ4n) is 4.86. The third-order valence-corrected chi connectivity index (χ3v) is 7.64.